The largest absolute Gasteiger partial charge is 0.472 e. The van der Waals surface area contributed by atoms with Crippen molar-refractivity contribution in [2.45, 2.75) is 20.5 Å². The minimum atomic E-state index is -0.287. The van der Waals surface area contributed by atoms with E-state index in [1.807, 2.05) is 62.4 Å². The summed E-state index contributed by atoms with van der Waals surface area (Å²) < 4.78 is 7.03. The predicted molar refractivity (Wildman–Crippen MR) is 124 cm³/mol. The topological polar surface area (TPSA) is 73.2 Å². The molecular formula is C26H23N3O3. The first-order valence-electron chi connectivity index (χ1n) is 10.3. The Morgan fingerprint density at radius 2 is 1.72 bits per heavy atom. The zero-order chi connectivity index (χ0) is 22.5. The van der Waals surface area contributed by atoms with E-state index in [1.165, 1.54) is 10.7 Å². The third-order valence-electron chi connectivity index (χ3n) is 5.01. The number of aryl methyl sites for hydroxylation is 2. The fourth-order valence-corrected chi connectivity index (χ4v) is 3.28. The highest BCUT2D eigenvalue weighted by atomic mass is 16.5. The minimum absolute atomic E-state index is 0.221. The molecule has 0 saturated heterocycles. The number of anilines is 1. The van der Waals surface area contributed by atoms with E-state index >= 15 is 0 Å². The van der Waals surface area contributed by atoms with Gasteiger partial charge in [0.15, 0.2) is 0 Å². The molecule has 6 heteroatoms. The Morgan fingerprint density at radius 1 is 0.938 bits per heavy atom. The molecule has 0 saturated carbocycles. The lowest BCUT2D eigenvalue weighted by atomic mass is 10.1. The zero-order valence-electron chi connectivity index (χ0n) is 17.9. The van der Waals surface area contributed by atoms with Crippen LogP contribution in [0.15, 0.2) is 89.7 Å². The van der Waals surface area contributed by atoms with Crippen LogP contribution in [0.5, 0.6) is 5.88 Å². The first-order valence-corrected chi connectivity index (χ1v) is 10.3. The van der Waals surface area contributed by atoms with Crippen LogP contribution in [0, 0.1) is 13.8 Å². The van der Waals surface area contributed by atoms with Crippen molar-refractivity contribution in [2.75, 3.05) is 5.32 Å². The molecule has 0 spiro atoms. The summed E-state index contributed by atoms with van der Waals surface area (Å²) in [6, 6.07) is 25.3. The van der Waals surface area contributed by atoms with E-state index in [1.54, 1.807) is 30.3 Å². The summed E-state index contributed by atoms with van der Waals surface area (Å²) in [5.74, 6) is 0.119. The van der Waals surface area contributed by atoms with E-state index in [0.717, 1.165) is 22.4 Å². The molecule has 6 nitrogen and oxygen atoms in total. The number of nitrogens with zero attached hydrogens (tertiary/aromatic N) is 2. The Hall–Kier alpha value is -4.19. The van der Waals surface area contributed by atoms with Gasteiger partial charge in [-0.05, 0) is 55.3 Å². The van der Waals surface area contributed by atoms with Crippen molar-refractivity contribution in [3.05, 3.63) is 118 Å². The molecular weight excluding hydrogens is 402 g/mol. The van der Waals surface area contributed by atoms with E-state index in [9.17, 15) is 9.59 Å². The number of ether oxygens (including phenoxy) is 1. The number of amides is 1. The Labute approximate surface area is 186 Å². The van der Waals surface area contributed by atoms with Crippen LogP contribution in [0.4, 0.5) is 5.69 Å². The fourth-order valence-electron chi connectivity index (χ4n) is 3.28. The molecule has 0 atom stereocenters. The van der Waals surface area contributed by atoms with Gasteiger partial charge in [-0.15, -0.1) is 5.10 Å². The van der Waals surface area contributed by atoms with Gasteiger partial charge >= 0.3 is 0 Å². The van der Waals surface area contributed by atoms with Crippen LogP contribution in [-0.4, -0.2) is 15.7 Å². The summed E-state index contributed by atoms with van der Waals surface area (Å²) >= 11 is 0. The Kier molecular flexibility index (Phi) is 6.12. The SMILES string of the molecule is Cc1cccc(COc2ccc(=O)n(-c3ccc(C(=O)Nc4ccccc4C)cc3)n2)c1. The predicted octanol–water partition coefficient (Wildman–Crippen LogP) is 4.68. The number of aromatic nitrogens is 2. The van der Waals surface area contributed by atoms with E-state index in [-0.39, 0.29) is 11.5 Å². The van der Waals surface area contributed by atoms with Crippen LogP contribution in [-0.2, 0) is 6.61 Å². The first-order chi connectivity index (χ1) is 15.5. The van der Waals surface area contributed by atoms with Gasteiger partial charge in [-0.1, -0.05) is 48.0 Å². The van der Waals surface area contributed by atoms with Crippen molar-refractivity contribution in [1.29, 1.82) is 0 Å². The maximum absolute atomic E-state index is 12.6. The molecule has 1 aromatic heterocycles. The second kappa shape index (κ2) is 9.31. The van der Waals surface area contributed by atoms with Crippen LogP contribution in [0.2, 0.25) is 0 Å². The van der Waals surface area contributed by atoms with Crippen LogP contribution in [0.3, 0.4) is 0 Å². The molecule has 1 N–H and O–H groups in total. The minimum Gasteiger partial charge on any atom is -0.472 e. The van der Waals surface area contributed by atoms with Crippen molar-refractivity contribution in [3.8, 4) is 11.6 Å². The van der Waals surface area contributed by atoms with Crippen molar-refractivity contribution in [2.24, 2.45) is 0 Å². The molecule has 0 aliphatic rings. The Balaban J connectivity index is 1.49. The lowest BCUT2D eigenvalue weighted by Crippen LogP contribution is -2.21. The van der Waals surface area contributed by atoms with Gasteiger partial charge in [0.05, 0.1) is 5.69 Å². The lowest BCUT2D eigenvalue weighted by molar-refractivity contribution is 0.102. The standard InChI is InChI=1S/C26H23N3O3/c1-18-6-5-8-20(16-18)17-32-24-14-15-25(30)29(28-24)22-12-10-21(11-13-22)26(31)27-23-9-4-3-7-19(23)2/h3-16H,17H2,1-2H3,(H,27,31). The molecule has 0 unspecified atom stereocenters. The monoisotopic (exact) mass is 425 g/mol. The maximum Gasteiger partial charge on any atom is 0.271 e. The van der Waals surface area contributed by atoms with Crippen LogP contribution in [0.25, 0.3) is 5.69 Å². The van der Waals surface area contributed by atoms with Crippen molar-refractivity contribution in [1.82, 2.24) is 9.78 Å². The number of para-hydroxylation sites is 1. The zero-order valence-corrected chi connectivity index (χ0v) is 17.9. The first kappa shape index (κ1) is 21.1. The molecule has 32 heavy (non-hydrogen) atoms. The van der Waals surface area contributed by atoms with E-state index in [0.29, 0.717) is 23.7 Å². The number of rotatable bonds is 6. The second-order valence-electron chi connectivity index (χ2n) is 7.52. The maximum atomic E-state index is 12.6. The number of carbonyl (C=O) groups excluding carboxylic acids is 1. The average molecular weight is 425 g/mol. The van der Waals surface area contributed by atoms with Gasteiger partial charge in [0.1, 0.15) is 6.61 Å². The molecule has 0 fully saturated rings. The second-order valence-corrected chi connectivity index (χ2v) is 7.52. The summed E-state index contributed by atoms with van der Waals surface area (Å²) in [4.78, 5) is 24.9. The van der Waals surface area contributed by atoms with Gasteiger partial charge < -0.3 is 10.1 Å². The van der Waals surface area contributed by atoms with Crippen LogP contribution >= 0.6 is 0 Å². The van der Waals surface area contributed by atoms with Gasteiger partial charge in [-0.25, -0.2) is 0 Å². The van der Waals surface area contributed by atoms with E-state index in [4.69, 9.17) is 4.74 Å². The molecule has 4 aromatic rings. The van der Waals surface area contributed by atoms with Crippen molar-refractivity contribution < 1.29 is 9.53 Å². The highest BCUT2D eigenvalue weighted by Gasteiger charge is 2.10. The number of hydrogen-bond acceptors (Lipinski definition) is 4. The van der Waals surface area contributed by atoms with Crippen molar-refractivity contribution >= 4 is 11.6 Å². The summed E-state index contributed by atoms with van der Waals surface area (Å²) in [7, 11) is 0. The third kappa shape index (κ3) is 4.92. The quantitative estimate of drug-likeness (QED) is 0.487. The highest BCUT2D eigenvalue weighted by Crippen LogP contribution is 2.16. The van der Waals surface area contributed by atoms with Gasteiger partial charge in [-0.2, -0.15) is 4.68 Å². The molecule has 0 radical (unpaired) electrons. The number of nitrogens with one attached hydrogen (secondary N) is 1. The highest BCUT2D eigenvalue weighted by molar-refractivity contribution is 6.04. The molecule has 0 aliphatic carbocycles. The van der Waals surface area contributed by atoms with Gasteiger partial charge in [0.2, 0.25) is 5.88 Å². The lowest BCUT2D eigenvalue weighted by Gasteiger charge is -2.10. The third-order valence-corrected chi connectivity index (χ3v) is 5.01. The molecule has 1 heterocycles. The van der Waals surface area contributed by atoms with Crippen molar-refractivity contribution in [3.63, 3.8) is 0 Å². The Bertz CT molecular complexity index is 1310. The van der Waals surface area contributed by atoms with E-state index in [2.05, 4.69) is 10.4 Å². The average Bonchev–Trinajstić information content (AvgIpc) is 2.80. The summed E-state index contributed by atoms with van der Waals surface area (Å²) in [6.45, 7) is 4.31. The molecule has 3 aromatic carbocycles. The van der Waals surface area contributed by atoms with Gasteiger partial charge in [-0.3, -0.25) is 9.59 Å². The Morgan fingerprint density at radius 3 is 2.47 bits per heavy atom. The molecule has 0 bridgehead atoms. The molecule has 160 valence electrons. The van der Waals surface area contributed by atoms with Gasteiger partial charge in [0.25, 0.3) is 11.5 Å². The number of benzene rings is 3. The molecule has 4 rings (SSSR count). The fraction of sp³-hybridized carbons (Fsp3) is 0.115. The molecule has 0 aliphatic heterocycles. The normalized spacial score (nSPS) is 10.6. The number of carbonyl (C=O) groups is 1. The van der Waals surface area contributed by atoms with Crippen LogP contribution < -0.4 is 15.6 Å². The van der Waals surface area contributed by atoms with E-state index < -0.39 is 0 Å². The summed E-state index contributed by atoms with van der Waals surface area (Å²) in [5.41, 5.74) is 4.66. The number of hydrogen-bond donors (Lipinski definition) is 1. The smallest absolute Gasteiger partial charge is 0.271 e. The summed E-state index contributed by atoms with van der Waals surface area (Å²) in [5, 5.41) is 7.21. The molecule has 1 amide bonds. The summed E-state index contributed by atoms with van der Waals surface area (Å²) in [6.07, 6.45) is 0. The van der Waals surface area contributed by atoms with Gasteiger partial charge in [0, 0.05) is 23.4 Å². The van der Waals surface area contributed by atoms with Crippen LogP contribution in [0.1, 0.15) is 27.0 Å².